The summed E-state index contributed by atoms with van der Waals surface area (Å²) >= 11 is 5.48. The number of fused-ring (bicyclic) bond motifs is 2. The molecule has 0 N–H and O–H groups in total. The quantitative estimate of drug-likeness (QED) is 0.334. The number of halogens is 1. The van der Waals surface area contributed by atoms with Crippen molar-refractivity contribution in [1.29, 1.82) is 0 Å². The van der Waals surface area contributed by atoms with Crippen molar-refractivity contribution in [1.82, 2.24) is 0 Å². The minimum absolute atomic E-state index is 1.14. The van der Waals surface area contributed by atoms with Gasteiger partial charge >= 0.3 is 0 Å². The van der Waals surface area contributed by atoms with E-state index in [1.165, 1.54) is 37.6 Å². The highest BCUT2D eigenvalue weighted by molar-refractivity contribution is 9.10. The van der Waals surface area contributed by atoms with Crippen LogP contribution in [0, 0.1) is 0 Å². The Balaban J connectivity index is 2.08. The molecule has 0 unspecified atom stereocenters. The second-order valence-electron chi connectivity index (χ2n) is 5.54. The highest BCUT2D eigenvalue weighted by Crippen LogP contribution is 2.39. The van der Waals surface area contributed by atoms with Gasteiger partial charge in [0.15, 0.2) is 0 Å². The lowest BCUT2D eigenvalue weighted by atomic mass is 9.96. The van der Waals surface area contributed by atoms with E-state index in [1.807, 2.05) is 0 Å². The molecule has 0 bridgehead atoms. The van der Waals surface area contributed by atoms with Crippen LogP contribution in [0.2, 0.25) is 0 Å². The minimum atomic E-state index is 1.14. The molecule has 0 saturated heterocycles. The molecule has 4 aromatic rings. The van der Waals surface area contributed by atoms with Crippen molar-refractivity contribution in [3.8, 4) is 11.1 Å². The second kappa shape index (κ2) is 6.03. The summed E-state index contributed by atoms with van der Waals surface area (Å²) < 4.78 is 1.14. The molecular weight excluding hydrogens is 364 g/mol. The molecule has 0 amide bonds. The van der Waals surface area contributed by atoms with E-state index in [2.05, 4.69) is 95.0 Å². The Bertz CT molecular complexity index is 1020. The van der Waals surface area contributed by atoms with E-state index in [9.17, 15) is 0 Å². The average Bonchev–Trinajstić information content (AvgIpc) is 2.61. The molecule has 0 radical (unpaired) electrons. The Morgan fingerprint density at radius 3 is 2.09 bits per heavy atom. The maximum Gasteiger partial charge on any atom is 0.0254 e. The molecule has 0 aliphatic heterocycles. The monoisotopic (exact) mass is 378 g/mol. The fourth-order valence-electron chi connectivity index (χ4n) is 3.10. The first kappa shape index (κ1) is 14.8. The van der Waals surface area contributed by atoms with E-state index >= 15 is 0 Å². The molecule has 0 heterocycles. The molecule has 0 nitrogen and oxygen atoms in total. The third kappa shape index (κ3) is 2.56. The Labute approximate surface area is 148 Å². The molecule has 2 heteroatoms. The minimum Gasteiger partial charge on any atom is -0.129 e. The average molecular weight is 379 g/mol. The van der Waals surface area contributed by atoms with Gasteiger partial charge in [0.25, 0.3) is 0 Å². The smallest absolute Gasteiger partial charge is 0.0254 e. The first-order chi connectivity index (χ1) is 11.3. The number of rotatable bonds is 2. The first-order valence-corrected chi connectivity index (χ1v) is 9.54. The van der Waals surface area contributed by atoms with E-state index in [-0.39, 0.29) is 0 Å². The van der Waals surface area contributed by atoms with Gasteiger partial charge in [-0.3, -0.25) is 0 Å². The SMILES string of the molecule is CSc1cc2ccccc2cc1-c1ccc(Br)c2ccccc12. The Morgan fingerprint density at radius 2 is 1.35 bits per heavy atom. The second-order valence-corrected chi connectivity index (χ2v) is 7.24. The lowest BCUT2D eigenvalue weighted by Gasteiger charge is -2.13. The van der Waals surface area contributed by atoms with E-state index < -0.39 is 0 Å². The Hall–Kier alpha value is -1.77. The van der Waals surface area contributed by atoms with E-state index in [0.717, 1.165) is 4.47 Å². The molecule has 4 rings (SSSR count). The Morgan fingerprint density at radius 1 is 0.696 bits per heavy atom. The van der Waals surface area contributed by atoms with E-state index in [4.69, 9.17) is 0 Å². The van der Waals surface area contributed by atoms with E-state index in [0.29, 0.717) is 0 Å². The van der Waals surface area contributed by atoms with Gasteiger partial charge in [-0.1, -0.05) is 70.5 Å². The summed E-state index contributed by atoms with van der Waals surface area (Å²) in [5.41, 5.74) is 2.60. The molecule has 0 aliphatic carbocycles. The highest BCUT2D eigenvalue weighted by Gasteiger charge is 2.11. The van der Waals surface area contributed by atoms with Crippen molar-refractivity contribution < 1.29 is 0 Å². The molecule has 0 spiro atoms. The van der Waals surface area contributed by atoms with Gasteiger partial charge in [-0.2, -0.15) is 0 Å². The maximum absolute atomic E-state index is 3.67. The van der Waals surface area contributed by atoms with Crippen LogP contribution in [0.5, 0.6) is 0 Å². The molecule has 0 saturated carbocycles. The lowest BCUT2D eigenvalue weighted by Crippen LogP contribution is -1.87. The van der Waals surface area contributed by atoms with Crippen LogP contribution in [0.1, 0.15) is 0 Å². The number of hydrogen-bond donors (Lipinski definition) is 0. The van der Waals surface area contributed by atoms with Crippen LogP contribution in [0.15, 0.2) is 82.2 Å². The highest BCUT2D eigenvalue weighted by atomic mass is 79.9. The van der Waals surface area contributed by atoms with Crippen LogP contribution < -0.4 is 0 Å². The maximum atomic E-state index is 3.67. The van der Waals surface area contributed by atoms with Crippen LogP contribution in [0.25, 0.3) is 32.7 Å². The predicted molar refractivity (Wildman–Crippen MR) is 106 cm³/mol. The van der Waals surface area contributed by atoms with Crippen molar-refractivity contribution >= 4 is 49.2 Å². The summed E-state index contributed by atoms with van der Waals surface area (Å²) in [4.78, 5) is 1.32. The van der Waals surface area contributed by atoms with Crippen LogP contribution in [-0.2, 0) is 0 Å². The summed E-state index contributed by atoms with van der Waals surface area (Å²) in [5.74, 6) is 0. The molecule has 23 heavy (non-hydrogen) atoms. The standard InChI is InChI=1S/C21H15BrS/c1-23-21-13-15-7-3-2-6-14(15)12-19(21)17-10-11-20(22)18-9-5-4-8-16(17)18/h2-13H,1H3. The molecular formula is C21H15BrS. The zero-order valence-electron chi connectivity index (χ0n) is 12.7. The van der Waals surface area contributed by atoms with Crippen molar-refractivity contribution in [3.05, 3.63) is 77.3 Å². The van der Waals surface area contributed by atoms with Crippen LogP contribution in [0.3, 0.4) is 0 Å². The van der Waals surface area contributed by atoms with Gasteiger partial charge in [0, 0.05) is 9.37 Å². The summed E-state index contributed by atoms with van der Waals surface area (Å²) in [7, 11) is 0. The van der Waals surface area contributed by atoms with Crippen molar-refractivity contribution in [2.24, 2.45) is 0 Å². The fraction of sp³-hybridized carbons (Fsp3) is 0.0476. The zero-order valence-corrected chi connectivity index (χ0v) is 15.1. The zero-order chi connectivity index (χ0) is 15.8. The molecule has 0 aromatic heterocycles. The molecule has 0 fully saturated rings. The number of benzene rings is 4. The third-order valence-corrected chi connectivity index (χ3v) is 5.70. The van der Waals surface area contributed by atoms with Gasteiger partial charge in [0.2, 0.25) is 0 Å². The largest absolute Gasteiger partial charge is 0.129 e. The number of hydrogen-bond acceptors (Lipinski definition) is 1. The van der Waals surface area contributed by atoms with Crippen LogP contribution in [-0.4, -0.2) is 6.26 Å². The number of thioether (sulfide) groups is 1. The molecule has 0 aliphatic rings. The topological polar surface area (TPSA) is 0 Å². The van der Waals surface area contributed by atoms with Gasteiger partial charge in [0.1, 0.15) is 0 Å². The fourth-order valence-corrected chi connectivity index (χ4v) is 4.21. The summed E-state index contributed by atoms with van der Waals surface area (Å²) in [6.45, 7) is 0. The van der Waals surface area contributed by atoms with Crippen LogP contribution in [0.4, 0.5) is 0 Å². The van der Waals surface area contributed by atoms with Gasteiger partial charge in [-0.25, -0.2) is 0 Å². The van der Waals surface area contributed by atoms with E-state index in [1.54, 1.807) is 11.8 Å². The summed E-state index contributed by atoms with van der Waals surface area (Å²) in [6.07, 6.45) is 2.15. The molecule has 112 valence electrons. The normalized spacial score (nSPS) is 11.2. The van der Waals surface area contributed by atoms with Crippen LogP contribution >= 0.6 is 27.7 Å². The van der Waals surface area contributed by atoms with Gasteiger partial charge in [0.05, 0.1) is 0 Å². The molecule has 0 atom stereocenters. The summed E-state index contributed by atoms with van der Waals surface area (Å²) in [5, 5.41) is 5.12. The van der Waals surface area contributed by atoms with Crippen molar-refractivity contribution in [2.75, 3.05) is 6.26 Å². The van der Waals surface area contributed by atoms with Gasteiger partial charge < -0.3 is 0 Å². The Kier molecular flexibility index (Phi) is 3.88. The summed E-state index contributed by atoms with van der Waals surface area (Å²) in [6, 6.07) is 26.1. The van der Waals surface area contributed by atoms with Gasteiger partial charge in [-0.15, -0.1) is 11.8 Å². The predicted octanol–water partition coefficient (Wildman–Crippen LogP) is 7.14. The third-order valence-electron chi connectivity index (χ3n) is 4.23. The first-order valence-electron chi connectivity index (χ1n) is 7.52. The van der Waals surface area contributed by atoms with Gasteiger partial charge in [-0.05, 0) is 57.1 Å². The molecule has 4 aromatic carbocycles. The van der Waals surface area contributed by atoms with Crippen molar-refractivity contribution in [3.63, 3.8) is 0 Å². The lowest BCUT2D eigenvalue weighted by molar-refractivity contribution is 1.49. The van der Waals surface area contributed by atoms with Crippen molar-refractivity contribution in [2.45, 2.75) is 4.90 Å².